The monoisotopic (exact) mass is 503 g/mol. The van der Waals surface area contributed by atoms with E-state index in [-0.39, 0.29) is 17.4 Å². The summed E-state index contributed by atoms with van der Waals surface area (Å²) in [4.78, 5) is 16.8. The van der Waals surface area contributed by atoms with E-state index in [0.29, 0.717) is 34.4 Å². The fourth-order valence-corrected chi connectivity index (χ4v) is 3.86. The molecule has 1 aromatic heterocycles. The minimum Gasteiger partial charge on any atom is -0.496 e. The van der Waals surface area contributed by atoms with E-state index in [4.69, 9.17) is 31.2 Å². The Morgan fingerprint density at radius 1 is 0.861 bits per heavy atom. The number of carbonyl (C=O) groups excluding carboxylic acids is 1. The van der Waals surface area contributed by atoms with Gasteiger partial charge in [-0.3, -0.25) is 9.78 Å². The number of anilines is 1. The summed E-state index contributed by atoms with van der Waals surface area (Å²) in [7, 11) is 4.73. The van der Waals surface area contributed by atoms with Crippen LogP contribution in [0, 0.1) is 0 Å². The molecular formula is C27H25N3O5S. The van der Waals surface area contributed by atoms with E-state index < -0.39 is 0 Å². The van der Waals surface area contributed by atoms with E-state index in [1.165, 1.54) is 0 Å². The van der Waals surface area contributed by atoms with Gasteiger partial charge in [0.2, 0.25) is 5.91 Å². The van der Waals surface area contributed by atoms with Crippen LogP contribution in [0.1, 0.15) is 5.56 Å². The van der Waals surface area contributed by atoms with Gasteiger partial charge in [0.1, 0.15) is 17.2 Å². The maximum Gasteiger partial charge on any atom is 0.230 e. The first-order chi connectivity index (χ1) is 17.5. The fourth-order valence-electron chi connectivity index (χ4n) is 3.62. The normalized spacial score (nSPS) is 10.4. The van der Waals surface area contributed by atoms with Gasteiger partial charge >= 0.3 is 0 Å². The molecule has 0 aliphatic heterocycles. The Hall–Kier alpha value is -4.37. The lowest BCUT2D eigenvalue weighted by Crippen LogP contribution is -2.35. The van der Waals surface area contributed by atoms with E-state index in [2.05, 4.69) is 15.6 Å². The van der Waals surface area contributed by atoms with Crippen LogP contribution in [0.5, 0.6) is 28.7 Å². The molecule has 3 aromatic carbocycles. The van der Waals surface area contributed by atoms with Gasteiger partial charge in [-0.15, -0.1) is 0 Å². The fraction of sp³-hybridized carbons (Fsp3) is 0.148. The molecule has 184 valence electrons. The smallest absolute Gasteiger partial charge is 0.230 e. The van der Waals surface area contributed by atoms with Crippen LogP contribution in [-0.2, 0) is 11.2 Å². The third kappa shape index (κ3) is 5.81. The number of nitrogens with one attached hydrogen (secondary N) is 2. The molecular weight excluding hydrogens is 478 g/mol. The summed E-state index contributed by atoms with van der Waals surface area (Å²) in [5.41, 5.74) is 2.20. The van der Waals surface area contributed by atoms with Gasteiger partial charge in [-0.05, 0) is 54.7 Å². The number of hydrogen-bond donors (Lipinski definition) is 2. The van der Waals surface area contributed by atoms with Crippen molar-refractivity contribution < 1.29 is 23.7 Å². The highest BCUT2D eigenvalue weighted by atomic mass is 32.1. The molecule has 1 amide bonds. The van der Waals surface area contributed by atoms with E-state index in [1.54, 1.807) is 63.9 Å². The molecule has 4 aromatic rings. The Balaban J connectivity index is 1.39. The molecule has 0 bridgehead atoms. The van der Waals surface area contributed by atoms with Crippen molar-refractivity contribution in [1.29, 1.82) is 0 Å². The number of rotatable bonds is 8. The molecule has 9 heteroatoms. The summed E-state index contributed by atoms with van der Waals surface area (Å²) >= 11 is 5.29. The zero-order valence-corrected chi connectivity index (χ0v) is 20.8. The van der Waals surface area contributed by atoms with Gasteiger partial charge in [-0.2, -0.15) is 0 Å². The van der Waals surface area contributed by atoms with E-state index in [9.17, 15) is 4.79 Å². The molecule has 0 fully saturated rings. The summed E-state index contributed by atoms with van der Waals surface area (Å²) in [5.74, 6) is 2.84. The highest BCUT2D eigenvalue weighted by Crippen LogP contribution is 2.37. The largest absolute Gasteiger partial charge is 0.496 e. The lowest BCUT2D eigenvalue weighted by atomic mass is 10.1. The van der Waals surface area contributed by atoms with Crippen LogP contribution in [0.4, 0.5) is 5.69 Å². The molecule has 0 saturated carbocycles. The molecule has 4 rings (SSSR count). The first kappa shape index (κ1) is 24.7. The number of aromatic nitrogens is 1. The number of para-hydroxylation sites is 1. The topological polar surface area (TPSA) is 90.9 Å². The van der Waals surface area contributed by atoms with Gasteiger partial charge in [0.25, 0.3) is 0 Å². The Morgan fingerprint density at radius 3 is 2.28 bits per heavy atom. The number of nitrogens with zero attached hydrogens (tertiary/aromatic N) is 1. The average molecular weight is 504 g/mol. The molecule has 8 nitrogen and oxygen atoms in total. The third-order valence-corrected chi connectivity index (χ3v) is 5.55. The molecule has 0 saturated heterocycles. The van der Waals surface area contributed by atoms with Gasteiger partial charge < -0.3 is 29.6 Å². The highest BCUT2D eigenvalue weighted by Gasteiger charge is 2.12. The predicted molar refractivity (Wildman–Crippen MR) is 142 cm³/mol. The molecule has 2 N–H and O–H groups in total. The van der Waals surface area contributed by atoms with Crippen LogP contribution < -0.4 is 29.6 Å². The van der Waals surface area contributed by atoms with Crippen molar-refractivity contribution >= 4 is 39.8 Å². The molecule has 0 radical (unpaired) electrons. The van der Waals surface area contributed by atoms with E-state index in [0.717, 1.165) is 16.5 Å². The number of pyridine rings is 1. The SMILES string of the molecule is COc1ccccc1CC(=O)NC(=S)Nc1ccc(Oc2ccnc3cc(OC)c(OC)cc23)cc1. The first-order valence-electron chi connectivity index (χ1n) is 11.0. The first-order valence-corrected chi connectivity index (χ1v) is 11.4. The maximum atomic E-state index is 12.4. The number of ether oxygens (including phenoxy) is 4. The Bertz CT molecular complexity index is 1390. The third-order valence-electron chi connectivity index (χ3n) is 5.34. The number of methoxy groups -OCH3 is 3. The van der Waals surface area contributed by atoms with Crippen molar-refractivity contribution in [3.05, 3.63) is 78.5 Å². The Labute approximate surface area is 214 Å². The Morgan fingerprint density at radius 2 is 1.56 bits per heavy atom. The van der Waals surface area contributed by atoms with E-state index in [1.807, 2.05) is 30.3 Å². The summed E-state index contributed by atoms with van der Waals surface area (Å²) in [5, 5.41) is 6.68. The number of thiocarbonyl (C=S) groups is 1. The van der Waals surface area contributed by atoms with Gasteiger partial charge in [-0.1, -0.05) is 18.2 Å². The molecule has 0 aliphatic rings. The number of carbonyl (C=O) groups is 1. The van der Waals surface area contributed by atoms with Crippen LogP contribution in [0.15, 0.2) is 72.9 Å². The van der Waals surface area contributed by atoms with Crippen molar-refractivity contribution in [2.24, 2.45) is 0 Å². The molecule has 36 heavy (non-hydrogen) atoms. The van der Waals surface area contributed by atoms with Gasteiger partial charge in [-0.25, -0.2) is 0 Å². The zero-order valence-electron chi connectivity index (χ0n) is 20.0. The zero-order chi connectivity index (χ0) is 25.5. The van der Waals surface area contributed by atoms with Gasteiger partial charge in [0.15, 0.2) is 16.6 Å². The van der Waals surface area contributed by atoms with Gasteiger partial charge in [0, 0.05) is 28.9 Å². The molecule has 1 heterocycles. The summed E-state index contributed by atoms with van der Waals surface area (Å²) < 4.78 is 22.2. The summed E-state index contributed by atoms with van der Waals surface area (Å²) in [6, 6.07) is 20.0. The van der Waals surface area contributed by atoms with Crippen LogP contribution in [-0.4, -0.2) is 37.3 Å². The molecule has 0 spiro atoms. The number of benzene rings is 3. The van der Waals surface area contributed by atoms with Crippen molar-refractivity contribution in [2.45, 2.75) is 6.42 Å². The maximum absolute atomic E-state index is 12.4. The number of fused-ring (bicyclic) bond motifs is 1. The lowest BCUT2D eigenvalue weighted by Gasteiger charge is -2.13. The van der Waals surface area contributed by atoms with Crippen LogP contribution in [0.2, 0.25) is 0 Å². The summed E-state index contributed by atoms with van der Waals surface area (Å²) in [6.07, 6.45) is 1.82. The highest BCUT2D eigenvalue weighted by molar-refractivity contribution is 7.80. The number of amides is 1. The van der Waals surface area contributed by atoms with Crippen LogP contribution in [0.25, 0.3) is 10.9 Å². The Kier molecular flexibility index (Phi) is 7.82. The van der Waals surface area contributed by atoms with E-state index >= 15 is 0 Å². The molecule has 0 aliphatic carbocycles. The second kappa shape index (κ2) is 11.4. The predicted octanol–water partition coefficient (Wildman–Crippen LogP) is 5.11. The van der Waals surface area contributed by atoms with Crippen molar-refractivity contribution in [2.75, 3.05) is 26.6 Å². The lowest BCUT2D eigenvalue weighted by molar-refractivity contribution is -0.119. The standard InChI is InChI=1S/C27H25N3O5S/c1-32-22-7-5-4-6-17(22)14-26(31)30-27(36)29-18-8-10-19(11-9-18)35-23-12-13-28-21-16-25(34-3)24(33-2)15-20(21)23/h4-13,15-16H,14H2,1-3H3,(H2,29,30,31,36). The summed E-state index contributed by atoms with van der Waals surface area (Å²) in [6.45, 7) is 0. The van der Waals surface area contributed by atoms with Crippen molar-refractivity contribution in [1.82, 2.24) is 10.3 Å². The van der Waals surface area contributed by atoms with Gasteiger partial charge in [0.05, 0.1) is 33.3 Å². The quantitative estimate of drug-likeness (QED) is 0.321. The van der Waals surface area contributed by atoms with Crippen LogP contribution in [0.3, 0.4) is 0 Å². The van der Waals surface area contributed by atoms with Crippen LogP contribution >= 0.6 is 12.2 Å². The second-order valence-corrected chi connectivity index (χ2v) is 8.06. The second-order valence-electron chi connectivity index (χ2n) is 7.65. The minimum absolute atomic E-state index is 0.148. The molecule has 0 atom stereocenters. The average Bonchev–Trinajstić information content (AvgIpc) is 2.89. The number of hydrogen-bond acceptors (Lipinski definition) is 7. The molecule has 0 unspecified atom stereocenters. The minimum atomic E-state index is -0.242. The van der Waals surface area contributed by atoms with Crippen molar-refractivity contribution in [3.8, 4) is 28.7 Å². The van der Waals surface area contributed by atoms with Crippen molar-refractivity contribution in [3.63, 3.8) is 0 Å².